The summed E-state index contributed by atoms with van der Waals surface area (Å²) in [6, 6.07) is 9.21. The van der Waals surface area contributed by atoms with Gasteiger partial charge in [-0.3, -0.25) is 0 Å². The molecule has 112 valence electrons. The number of aromatic nitrogens is 2. The fourth-order valence-electron chi connectivity index (χ4n) is 2.60. The number of rotatable bonds is 4. The maximum absolute atomic E-state index is 9.43. The second kappa shape index (κ2) is 5.35. The Labute approximate surface area is 128 Å². The predicted molar refractivity (Wildman–Crippen MR) is 84.1 cm³/mol. The topological polar surface area (TPSA) is 58.8 Å². The molecule has 0 amide bonds. The highest BCUT2D eigenvalue weighted by molar-refractivity contribution is 5.71. The van der Waals surface area contributed by atoms with Crippen LogP contribution < -0.4 is 10.1 Å². The fraction of sp³-hybridized carbons (Fsp3) is 0.235. The fourth-order valence-corrected chi connectivity index (χ4v) is 2.60. The van der Waals surface area contributed by atoms with Gasteiger partial charge in [0.2, 0.25) is 0 Å². The Hall–Kier alpha value is -2.53. The number of fused-ring (bicyclic) bond motifs is 1. The molecular formula is C17H17N3O2. The lowest BCUT2D eigenvalue weighted by atomic mass is 10.1. The minimum atomic E-state index is 0.265. The Morgan fingerprint density at radius 2 is 2.05 bits per heavy atom. The molecule has 0 atom stereocenters. The van der Waals surface area contributed by atoms with E-state index in [-0.39, 0.29) is 5.75 Å². The van der Waals surface area contributed by atoms with E-state index in [0.717, 1.165) is 35.5 Å². The zero-order valence-electron chi connectivity index (χ0n) is 12.1. The summed E-state index contributed by atoms with van der Waals surface area (Å²) in [7, 11) is 0. The number of phenols is 1. The molecule has 1 saturated heterocycles. The highest BCUT2D eigenvalue weighted by atomic mass is 16.5. The lowest BCUT2D eigenvalue weighted by Crippen LogP contribution is -2.45. The molecule has 1 fully saturated rings. The molecule has 0 unspecified atom stereocenters. The van der Waals surface area contributed by atoms with Crippen LogP contribution in [0, 0.1) is 5.92 Å². The van der Waals surface area contributed by atoms with Gasteiger partial charge in [0.15, 0.2) is 0 Å². The number of aromatic hydroxyl groups is 1. The Kier molecular flexibility index (Phi) is 3.20. The van der Waals surface area contributed by atoms with Gasteiger partial charge in [-0.1, -0.05) is 12.1 Å². The largest absolute Gasteiger partial charge is 0.508 e. The van der Waals surface area contributed by atoms with Crippen molar-refractivity contribution in [3.05, 3.63) is 49.1 Å². The minimum Gasteiger partial charge on any atom is -0.508 e. The van der Waals surface area contributed by atoms with Crippen LogP contribution in [0.1, 0.15) is 0 Å². The number of phenolic OH excluding ortho intramolecular Hbond substituents is 1. The number of nitrogens with zero attached hydrogens (tertiary/aromatic N) is 2. The Balaban J connectivity index is 1.70. The second-order valence-corrected chi connectivity index (χ2v) is 5.66. The quantitative estimate of drug-likeness (QED) is 0.775. The zero-order chi connectivity index (χ0) is 14.9. The van der Waals surface area contributed by atoms with Gasteiger partial charge in [-0.25, -0.2) is 4.98 Å². The molecule has 2 N–H and O–H groups in total. The number of imidazole rings is 1. The highest BCUT2D eigenvalue weighted by Crippen LogP contribution is 2.29. The van der Waals surface area contributed by atoms with E-state index in [9.17, 15) is 5.11 Å². The molecule has 1 aliphatic rings. The summed E-state index contributed by atoms with van der Waals surface area (Å²) in [6.45, 7) is 2.76. The van der Waals surface area contributed by atoms with E-state index in [0.29, 0.717) is 12.5 Å². The summed E-state index contributed by atoms with van der Waals surface area (Å²) < 4.78 is 7.99. The maximum atomic E-state index is 9.43. The summed E-state index contributed by atoms with van der Waals surface area (Å²) in [5.41, 5.74) is 3.03. The summed E-state index contributed by atoms with van der Waals surface area (Å²) in [6.07, 6.45) is 5.61. The van der Waals surface area contributed by atoms with Crippen LogP contribution in [0.4, 0.5) is 0 Å². The van der Waals surface area contributed by atoms with Gasteiger partial charge in [-0.2, -0.15) is 0 Å². The van der Waals surface area contributed by atoms with Crippen molar-refractivity contribution in [2.24, 2.45) is 5.92 Å². The normalized spacial score (nSPS) is 14.9. The van der Waals surface area contributed by atoms with Crippen molar-refractivity contribution in [1.29, 1.82) is 0 Å². The molecule has 3 heterocycles. The SMILES string of the molecule is Oc1ccc(-c2cc(OCC3CNC3)c3cncn3c2)cc1. The minimum absolute atomic E-state index is 0.265. The Morgan fingerprint density at radius 3 is 2.77 bits per heavy atom. The van der Waals surface area contributed by atoms with E-state index in [4.69, 9.17) is 4.74 Å². The summed E-state index contributed by atoms with van der Waals surface area (Å²) in [5.74, 6) is 1.69. The number of benzene rings is 1. The number of ether oxygens (including phenoxy) is 1. The Morgan fingerprint density at radius 1 is 1.23 bits per heavy atom. The van der Waals surface area contributed by atoms with Crippen LogP contribution in [-0.4, -0.2) is 34.2 Å². The maximum Gasteiger partial charge on any atom is 0.145 e. The highest BCUT2D eigenvalue weighted by Gasteiger charge is 2.18. The Bertz CT molecular complexity index is 791. The molecule has 0 radical (unpaired) electrons. The third-order valence-corrected chi connectivity index (χ3v) is 4.02. The van der Waals surface area contributed by atoms with Crippen molar-refractivity contribution >= 4 is 5.52 Å². The second-order valence-electron chi connectivity index (χ2n) is 5.66. The van der Waals surface area contributed by atoms with Crippen LogP contribution in [0.15, 0.2) is 49.1 Å². The van der Waals surface area contributed by atoms with Crippen molar-refractivity contribution in [1.82, 2.24) is 14.7 Å². The van der Waals surface area contributed by atoms with Crippen molar-refractivity contribution < 1.29 is 9.84 Å². The molecule has 4 rings (SSSR count). The van der Waals surface area contributed by atoms with E-state index < -0.39 is 0 Å². The van der Waals surface area contributed by atoms with E-state index in [1.165, 1.54) is 0 Å². The molecule has 5 nitrogen and oxygen atoms in total. The van der Waals surface area contributed by atoms with Crippen LogP contribution in [0.25, 0.3) is 16.6 Å². The first kappa shape index (κ1) is 13.2. The smallest absolute Gasteiger partial charge is 0.145 e. The lowest BCUT2D eigenvalue weighted by Gasteiger charge is -2.27. The molecule has 0 aliphatic carbocycles. The predicted octanol–water partition coefficient (Wildman–Crippen LogP) is 2.31. The van der Waals surface area contributed by atoms with E-state index in [1.807, 2.05) is 35.0 Å². The van der Waals surface area contributed by atoms with Crippen molar-refractivity contribution in [3.63, 3.8) is 0 Å². The van der Waals surface area contributed by atoms with E-state index >= 15 is 0 Å². The van der Waals surface area contributed by atoms with E-state index in [1.54, 1.807) is 18.5 Å². The molecule has 5 heteroatoms. The first-order valence-corrected chi connectivity index (χ1v) is 7.38. The van der Waals surface area contributed by atoms with Gasteiger partial charge in [-0.05, 0) is 23.8 Å². The number of nitrogens with one attached hydrogen (secondary N) is 1. The summed E-state index contributed by atoms with van der Waals surface area (Å²) in [5, 5.41) is 12.7. The monoisotopic (exact) mass is 295 g/mol. The summed E-state index contributed by atoms with van der Waals surface area (Å²) >= 11 is 0. The standard InChI is InChI=1S/C17H17N3O2/c21-15-3-1-13(2-4-15)14-5-17(22-10-12-6-18-7-12)16-8-19-11-20(16)9-14/h1-5,8-9,11-12,18,21H,6-7,10H2. The average Bonchev–Trinajstić information content (AvgIpc) is 2.94. The molecule has 3 aromatic rings. The molecule has 0 spiro atoms. The van der Waals surface area contributed by atoms with E-state index in [2.05, 4.69) is 10.3 Å². The van der Waals surface area contributed by atoms with Crippen LogP contribution in [0.2, 0.25) is 0 Å². The lowest BCUT2D eigenvalue weighted by molar-refractivity contribution is 0.200. The first-order chi connectivity index (χ1) is 10.8. The average molecular weight is 295 g/mol. The van der Waals surface area contributed by atoms with Crippen molar-refractivity contribution in [3.8, 4) is 22.6 Å². The molecule has 22 heavy (non-hydrogen) atoms. The molecule has 2 aromatic heterocycles. The number of hydrogen-bond donors (Lipinski definition) is 2. The van der Waals surface area contributed by atoms with Gasteiger partial charge in [0.05, 0.1) is 19.1 Å². The van der Waals surface area contributed by atoms with Gasteiger partial charge >= 0.3 is 0 Å². The van der Waals surface area contributed by atoms with Crippen LogP contribution in [0.5, 0.6) is 11.5 Å². The molecular weight excluding hydrogens is 278 g/mol. The number of pyridine rings is 1. The summed E-state index contributed by atoms with van der Waals surface area (Å²) in [4.78, 5) is 4.20. The van der Waals surface area contributed by atoms with Crippen LogP contribution >= 0.6 is 0 Å². The third-order valence-electron chi connectivity index (χ3n) is 4.02. The van der Waals surface area contributed by atoms with Gasteiger partial charge in [0.25, 0.3) is 0 Å². The molecule has 1 aliphatic heterocycles. The first-order valence-electron chi connectivity index (χ1n) is 7.38. The van der Waals surface area contributed by atoms with Crippen molar-refractivity contribution in [2.45, 2.75) is 0 Å². The molecule has 0 bridgehead atoms. The van der Waals surface area contributed by atoms with Gasteiger partial charge in [0, 0.05) is 30.8 Å². The van der Waals surface area contributed by atoms with Crippen molar-refractivity contribution in [2.75, 3.05) is 19.7 Å². The number of hydrogen-bond acceptors (Lipinski definition) is 4. The van der Waals surface area contributed by atoms with Gasteiger partial charge in [0.1, 0.15) is 17.0 Å². The molecule has 1 aromatic carbocycles. The zero-order valence-corrected chi connectivity index (χ0v) is 12.1. The van der Waals surface area contributed by atoms with Gasteiger partial charge in [-0.15, -0.1) is 0 Å². The van der Waals surface area contributed by atoms with Gasteiger partial charge < -0.3 is 19.6 Å². The van der Waals surface area contributed by atoms with Crippen LogP contribution in [0.3, 0.4) is 0 Å². The molecule has 0 saturated carbocycles. The third kappa shape index (κ3) is 2.40. The van der Waals surface area contributed by atoms with Crippen LogP contribution in [-0.2, 0) is 0 Å².